The van der Waals surface area contributed by atoms with Crippen molar-refractivity contribution in [3.05, 3.63) is 35.9 Å². The molecule has 1 aliphatic rings. The summed E-state index contributed by atoms with van der Waals surface area (Å²) < 4.78 is 0. The summed E-state index contributed by atoms with van der Waals surface area (Å²) in [4.78, 5) is 16.8. The van der Waals surface area contributed by atoms with Gasteiger partial charge in [0, 0.05) is 11.7 Å². The number of hydroxylamine groups is 1. The van der Waals surface area contributed by atoms with E-state index in [9.17, 15) is 4.79 Å². The second-order valence-electron chi connectivity index (χ2n) is 3.80. The average molecular weight is 237 g/mol. The number of hydrogen-bond donors (Lipinski definition) is 1. The number of amides is 1. The number of benzene rings is 1. The van der Waals surface area contributed by atoms with Crippen LogP contribution in [0.5, 0.6) is 0 Å². The van der Waals surface area contributed by atoms with E-state index in [1.165, 1.54) is 0 Å². The first-order valence-electron chi connectivity index (χ1n) is 5.39. The van der Waals surface area contributed by atoms with Crippen LogP contribution in [0.1, 0.15) is 12.0 Å². The van der Waals surface area contributed by atoms with Crippen LogP contribution >= 0.6 is 11.8 Å². The van der Waals surface area contributed by atoms with Gasteiger partial charge in [0.05, 0.1) is 6.61 Å². The maximum atomic E-state index is 11.6. The van der Waals surface area contributed by atoms with E-state index in [4.69, 9.17) is 4.84 Å². The number of rotatable bonds is 4. The van der Waals surface area contributed by atoms with Crippen molar-refractivity contribution < 1.29 is 9.63 Å². The Morgan fingerprint density at radius 3 is 2.94 bits per heavy atom. The lowest BCUT2D eigenvalue weighted by Crippen LogP contribution is -2.30. The number of thioether (sulfide) groups is 1. The Labute approximate surface area is 99.5 Å². The molecule has 0 aliphatic carbocycles. The molecule has 2 rings (SSSR count). The monoisotopic (exact) mass is 237 g/mol. The van der Waals surface area contributed by atoms with Crippen LogP contribution < -0.4 is 5.48 Å². The Morgan fingerprint density at radius 2 is 2.25 bits per heavy atom. The quantitative estimate of drug-likeness (QED) is 0.814. The fourth-order valence-electron chi connectivity index (χ4n) is 1.59. The normalized spacial score (nSPS) is 19.6. The highest BCUT2D eigenvalue weighted by Gasteiger charge is 2.22. The van der Waals surface area contributed by atoms with E-state index in [2.05, 4.69) is 5.48 Å². The molecule has 1 N–H and O–H groups in total. The zero-order valence-corrected chi connectivity index (χ0v) is 9.83. The van der Waals surface area contributed by atoms with Crippen LogP contribution in [-0.2, 0) is 16.2 Å². The van der Waals surface area contributed by atoms with Crippen LogP contribution in [0.4, 0.5) is 0 Å². The number of carbonyl (C=O) groups is 1. The molecule has 1 unspecified atom stereocenters. The summed E-state index contributed by atoms with van der Waals surface area (Å²) in [5, 5.41) is 0. The lowest BCUT2D eigenvalue weighted by molar-refractivity contribution is -0.138. The molecule has 0 radical (unpaired) electrons. The Bertz CT molecular complexity index is 336. The zero-order valence-electron chi connectivity index (χ0n) is 9.02. The Morgan fingerprint density at radius 1 is 1.44 bits per heavy atom. The van der Waals surface area contributed by atoms with Gasteiger partial charge in [-0.25, -0.2) is 5.48 Å². The number of hydrogen-bond acceptors (Lipinski definition) is 3. The molecule has 86 valence electrons. The van der Waals surface area contributed by atoms with E-state index >= 15 is 0 Å². The van der Waals surface area contributed by atoms with Crippen LogP contribution in [0.2, 0.25) is 0 Å². The Hall–Kier alpha value is -1.00. The topological polar surface area (TPSA) is 38.3 Å². The minimum absolute atomic E-state index is 0.0148. The second-order valence-corrected chi connectivity index (χ2v) is 4.95. The van der Waals surface area contributed by atoms with Crippen molar-refractivity contribution >= 4 is 17.7 Å². The molecule has 3 nitrogen and oxygen atoms in total. The molecule has 4 heteroatoms. The Balaban J connectivity index is 1.70. The van der Waals surface area contributed by atoms with E-state index < -0.39 is 0 Å². The molecule has 0 saturated carbocycles. The Kier molecular flexibility index (Phi) is 4.25. The summed E-state index contributed by atoms with van der Waals surface area (Å²) in [5.41, 5.74) is 3.58. The van der Waals surface area contributed by atoms with E-state index in [-0.39, 0.29) is 11.8 Å². The lowest BCUT2D eigenvalue weighted by atomic mass is 10.1. The van der Waals surface area contributed by atoms with Crippen molar-refractivity contribution in [2.45, 2.75) is 13.0 Å². The van der Waals surface area contributed by atoms with Crippen LogP contribution in [0.3, 0.4) is 0 Å². The maximum Gasteiger partial charge on any atom is 0.247 e. The smallest absolute Gasteiger partial charge is 0.247 e. The van der Waals surface area contributed by atoms with Crippen molar-refractivity contribution in [2.75, 3.05) is 11.5 Å². The fraction of sp³-hybridized carbons (Fsp3) is 0.417. The summed E-state index contributed by atoms with van der Waals surface area (Å²) in [5.74, 6) is 2.14. The van der Waals surface area contributed by atoms with Crippen LogP contribution in [0.15, 0.2) is 30.3 Å². The third-order valence-electron chi connectivity index (χ3n) is 2.55. The minimum Gasteiger partial charge on any atom is -0.272 e. The van der Waals surface area contributed by atoms with Gasteiger partial charge in [-0.1, -0.05) is 30.3 Å². The summed E-state index contributed by atoms with van der Waals surface area (Å²) >= 11 is 1.82. The highest BCUT2D eigenvalue weighted by molar-refractivity contribution is 7.99. The molecular weight excluding hydrogens is 222 g/mol. The predicted molar refractivity (Wildman–Crippen MR) is 64.8 cm³/mol. The highest BCUT2D eigenvalue weighted by Crippen LogP contribution is 2.23. The van der Waals surface area contributed by atoms with E-state index in [1.807, 2.05) is 42.1 Å². The van der Waals surface area contributed by atoms with E-state index in [1.54, 1.807) is 0 Å². The first-order valence-corrected chi connectivity index (χ1v) is 6.55. The molecule has 0 aromatic heterocycles. The summed E-state index contributed by atoms with van der Waals surface area (Å²) in [7, 11) is 0. The first kappa shape index (κ1) is 11.5. The SMILES string of the molecule is O=C(NOCc1ccccc1)C1CCSC1. The molecule has 0 bridgehead atoms. The third kappa shape index (κ3) is 3.25. The van der Waals surface area contributed by atoms with Crippen molar-refractivity contribution in [3.63, 3.8) is 0 Å². The molecule has 1 aromatic carbocycles. The lowest BCUT2D eigenvalue weighted by Gasteiger charge is -2.09. The van der Waals surface area contributed by atoms with E-state index in [0.29, 0.717) is 6.61 Å². The van der Waals surface area contributed by atoms with Crippen molar-refractivity contribution in [2.24, 2.45) is 5.92 Å². The van der Waals surface area contributed by atoms with Gasteiger partial charge in [-0.2, -0.15) is 11.8 Å². The molecule has 1 aromatic rings. The molecule has 1 atom stereocenters. The van der Waals surface area contributed by atoms with Gasteiger partial charge in [0.2, 0.25) is 5.91 Å². The molecule has 1 heterocycles. The molecule has 1 amide bonds. The van der Waals surface area contributed by atoms with Gasteiger partial charge in [0.25, 0.3) is 0 Å². The van der Waals surface area contributed by atoms with Crippen molar-refractivity contribution in [3.8, 4) is 0 Å². The zero-order chi connectivity index (χ0) is 11.2. The van der Waals surface area contributed by atoms with Gasteiger partial charge < -0.3 is 0 Å². The van der Waals surface area contributed by atoms with Gasteiger partial charge in [-0.05, 0) is 17.7 Å². The highest BCUT2D eigenvalue weighted by atomic mass is 32.2. The van der Waals surface area contributed by atoms with Crippen molar-refractivity contribution in [1.29, 1.82) is 0 Å². The van der Waals surface area contributed by atoms with Crippen molar-refractivity contribution in [1.82, 2.24) is 5.48 Å². The molecule has 16 heavy (non-hydrogen) atoms. The van der Waals surface area contributed by atoms with Gasteiger partial charge in [-0.15, -0.1) is 0 Å². The first-order chi connectivity index (χ1) is 7.86. The number of nitrogens with one attached hydrogen (secondary N) is 1. The van der Waals surface area contributed by atoms with Crippen LogP contribution in [-0.4, -0.2) is 17.4 Å². The maximum absolute atomic E-state index is 11.6. The molecule has 0 spiro atoms. The van der Waals surface area contributed by atoms with Crippen LogP contribution in [0.25, 0.3) is 0 Å². The largest absolute Gasteiger partial charge is 0.272 e. The summed E-state index contributed by atoms with van der Waals surface area (Å²) in [6.07, 6.45) is 0.963. The van der Waals surface area contributed by atoms with E-state index in [0.717, 1.165) is 23.5 Å². The van der Waals surface area contributed by atoms with Gasteiger partial charge in [-0.3, -0.25) is 9.63 Å². The minimum atomic E-state index is 0.0148. The molecular formula is C12H15NO2S. The van der Waals surface area contributed by atoms with Gasteiger partial charge in [0.15, 0.2) is 0 Å². The standard InChI is InChI=1S/C12H15NO2S/c14-12(11-6-7-16-9-11)13-15-8-10-4-2-1-3-5-10/h1-5,11H,6-9H2,(H,13,14). The predicted octanol–water partition coefficient (Wildman–Crippen LogP) is 1.99. The molecule has 1 saturated heterocycles. The average Bonchev–Trinajstić information content (AvgIpc) is 2.84. The summed E-state index contributed by atoms with van der Waals surface area (Å²) in [6.45, 7) is 0.423. The van der Waals surface area contributed by atoms with Crippen LogP contribution in [0, 0.1) is 5.92 Å². The second kappa shape index (κ2) is 5.92. The summed E-state index contributed by atoms with van der Waals surface area (Å²) in [6, 6.07) is 9.80. The number of carbonyl (C=O) groups excluding carboxylic acids is 1. The molecule has 1 aliphatic heterocycles. The third-order valence-corrected chi connectivity index (χ3v) is 3.72. The fourth-order valence-corrected chi connectivity index (χ4v) is 2.81. The van der Waals surface area contributed by atoms with Gasteiger partial charge >= 0.3 is 0 Å². The molecule has 1 fully saturated rings. The van der Waals surface area contributed by atoms with Gasteiger partial charge in [0.1, 0.15) is 0 Å².